The van der Waals surface area contributed by atoms with E-state index in [0.29, 0.717) is 22.9 Å². The van der Waals surface area contributed by atoms with Gasteiger partial charge in [-0.3, -0.25) is 14.5 Å². The number of aromatic nitrogens is 5. The molecule has 3 aromatic heterocycles. The van der Waals surface area contributed by atoms with E-state index in [1.807, 2.05) is 11.7 Å². The number of rotatable bonds is 4. The summed E-state index contributed by atoms with van der Waals surface area (Å²) in [5.74, 6) is 0.585. The van der Waals surface area contributed by atoms with Gasteiger partial charge in [-0.05, 0) is 31.4 Å². The third kappa shape index (κ3) is 2.71. The number of nitrogens with two attached hydrogens (primary N) is 1. The number of anilines is 2. The minimum Gasteiger partial charge on any atom is -0.365 e. The van der Waals surface area contributed by atoms with Crippen LogP contribution in [-0.4, -0.2) is 30.6 Å². The summed E-state index contributed by atoms with van der Waals surface area (Å²) in [6.45, 7) is 0. The smallest absolute Gasteiger partial charge is 0.252 e. The molecule has 1 aliphatic carbocycles. The largest absolute Gasteiger partial charge is 0.365 e. The summed E-state index contributed by atoms with van der Waals surface area (Å²) in [4.78, 5) is 24.4. The van der Waals surface area contributed by atoms with Crippen LogP contribution in [0.15, 0.2) is 30.7 Å². The van der Waals surface area contributed by atoms with Crippen LogP contribution in [0.2, 0.25) is 0 Å². The molecule has 0 spiro atoms. The predicted octanol–water partition coefficient (Wildman–Crippen LogP) is 1.60. The molecule has 0 saturated heterocycles. The Bertz CT molecular complexity index is 963. The summed E-state index contributed by atoms with van der Waals surface area (Å²) in [7, 11) is 1.95. The van der Waals surface area contributed by atoms with Crippen molar-refractivity contribution in [3.05, 3.63) is 47.5 Å². The number of pyridine rings is 1. The maximum absolute atomic E-state index is 11.5. The van der Waals surface area contributed by atoms with Crippen molar-refractivity contribution in [1.82, 2.24) is 24.7 Å². The van der Waals surface area contributed by atoms with E-state index >= 15 is 0 Å². The second-order valence-electron chi connectivity index (χ2n) is 5.93. The second kappa shape index (κ2) is 5.97. The maximum atomic E-state index is 11.5. The van der Waals surface area contributed by atoms with Crippen LogP contribution in [-0.2, 0) is 19.9 Å². The van der Waals surface area contributed by atoms with Crippen molar-refractivity contribution in [1.29, 1.82) is 0 Å². The van der Waals surface area contributed by atoms with Gasteiger partial charge in [0.1, 0.15) is 11.5 Å². The molecule has 8 heteroatoms. The summed E-state index contributed by atoms with van der Waals surface area (Å²) >= 11 is 0. The monoisotopic (exact) mass is 335 g/mol. The standard InChI is InChI=1S/C17H17N7O/c1-24-13-4-2-3-10(13)15(23-24)17-20-8-6-14(22-17)21-12-5-7-19-9-11(12)16(18)25/h5-9H,2-4H2,1H3,(H2,18,25)(H,19,20,21,22). The van der Waals surface area contributed by atoms with E-state index in [-0.39, 0.29) is 0 Å². The van der Waals surface area contributed by atoms with Crippen LogP contribution in [0.5, 0.6) is 0 Å². The van der Waals surface area contributed by atoms with Crippen molar-refractivity contribution in [2.45, 2.75) is 19.3 Å². The van der Waals surface area contributed by atoms with Gasteiger partial charge in [0.25, 0.3) is 5.91 Å². The number of carbonyl (C=O) groups is 1. The normalized spacial score (nSPS) is 12.8. The summed E-state index contributed by atoms with van der Waals surface area (Å²) in [6.07, 6.45) is 7.85. The summed E-state index contributed by atoms with van der Waals surface area (Å²) in [6, 6.07) is 3.41. The van der Waals surface area contributed by atoms with Crippen molar-refractivity contribution >= 4 is 17.4 Å². The summed E-state index contributed by atoms with van der Waals surface area (Å²) < 4.78 is 1.91. The zero-order chi connectivity index (χ0) is 17.4. The van der Waals surface area contributed by atoms with Gasteiger partial charge >= 0.3 is 0 Å². The van der Waals surface area contributed by atoms with Gasteiger partial charge < -0.3 is 11.1 Å². The first-order chi connectivity index (χ1) is 12.1. The molecule has 3 heterocycles. The molecular formula is C17H17N7O. The van der Waals surface area contributed by atoms with Crippen molar-refractivity contribution in [3.63, 3.8) is 0 Å². The fraction of sp³-hybridized carbons (Fsp3) is 0.235. The number of primary amides is 1. The zero-order valence-corrected chi connectivity index (χ0v) is 13.7. The molecule has 0 radical (unpaired) electrons. The zero-order valence-electron chi connectivity index (χ0n) is 13.7. The van der Waals surface area contributed by atoms with Gasteiger partial charge in [0.2, 0.25) is 0 Å². The van der Waals surface area contributed by atoms with Crippen LogP contribution in [0.3, 0.4) is 0 Å². The van der Waals surface area contributed by atoms with E-state index in [2.05, 4.69) is 25.4 Å². The van der Waals surface area contributed by atoms with Crippen LogP contribution >= 0.6 is 0 Å². The molecule has 3 aromatic rings. The first-order valence-electron chi connectivity index (χ1n) is 8.02. The first-order valence-corrected chi connectivity index (χ1v) is 8.02. The highest BCUT2D eigenvalue weighted by molar-refractivity contribution is 5.98. The average Bonchev–Trinajstić information content (AvgIpc) is 3.20. The lowest BCUT2D eigenvalue weighted by atomic mass is 10.2. The molecule has 3 N–H and O–H groups in total. The Morgan fingerprint density at radius 1 is 1.28 bits per heavy atom. The van der Waals surface area contributed by atoms with E-state index in [0.717, 1.165) is 25.0 Å². The third-order valence-corrected chi connectivity index (χ3v) is 4.33. The van der Waals surface area contributed by atoms with Gasteiger partial charge in [-0.2, -0.15) is 5.10 Å². The Hall–Kier alpha value is -3.29. The Morgan fingerprint density at radius 3 is 3.00 bits per heavy atom. The van der Waals surface area contributed by atoms with Crippen molar-refractivity contribution in [3.8, 4) is 11.5 Å². The Balaban J connectivity index is 1.70. The van der Waals surface area contributed by atoms with Gasteiger partial charge in [-0.15, -0.1) is 0 Å². The number of hydrogen-bond donors (Lipinski definition) is 2. The van der Waals surface area contributed by atoms with Gasteiger partial charge in [0, 0.05) is 36.9 Å². The highest BCUT2D eigenvalue weighted by Gasteiger charge is 2.23. The molecule has 0 unspecified atom stereocenters. The second-order valence-corrected chi connectivity index (χ2v) is 5.93. The van der Waals surface area contributed by atoms with Gasteiger partial charge in [-0.1, -0.05) is 0 Å². The molecule has 25 heavy (non-hydrogen) atoms. The van der Waals surface area contributed by atoms with E-state index in [9.17, 15) is 4.79 Å². The van der Waals surface area contributed by atoms with Crippen LogP contribution in [0.25, 0.3) is 11.5 Å². The Morgan fingerprint density at radius 2 is 2.16 bits per heavy atom. The molecule has 8 nitrogen and oxygen atoms in total. The minimum absolute atomic E-state index is 0.307. The third-order valence-electron chi connectivity index (χ3n) is 4.33. The van der Waals surface area contributed by atoms with Crippen LogP contribution < -0.4 is 11.1 Å². The number of aryl methyl sites for hydroxylation is 1. The number of nitrogens with one attached hydrogen (secondary N) is 1. The molecule has 0 fully saturated rings. The Kier molecular flexibility index (Phi) is 3.64. The summed E-state index contributed by atoms with van der Waals surface area (Å²) in [5.41, 5.74) is 9.55. The quantitative estimate of drug-likeness (QED) is 0.749. The molecule has 0 bridgehead atoms. The topological polar surface area (TPSA) is 112 Å². The van der Waals surface area contributed by atoms with Crippen molar-refractivity contribution in [2.75, 3.05) is 5.32 Å². The number of amides is 1. The average molecular weight is 335 g/mol. The Labute approximate surface area is 144 Å². The molecule has 0 atom stereocenters. The fourth-order valence-corrected chi connectivity index (χ4v) is 3.17. The molecule has 1 amide bonds. The van der Waals surface area contributed by atoms with Crippen molar-refractivity contribution in [2.24, 2.45) is 12.8 Å². The minimum atomic E-state index is -0.549. The maximum Gasteiger partial charge on any atom is 0.252 e. The van der Waals surface area contributed by atoms with E-state index in [1.165, 1.54) is 17.5 Å². The van der Waals surface area contributed by atoms with Gasteiger partial charge in [0.05, 0.1) is 11.3 Å². The summed E-state index contributed by atoms with van der Waals surface area (Å²) in [5, 5.41) is 7.69. The highest BCUT2D eigenvalue weighted by atomic mass is 16.1. The SMILES string of the molecule is Cn1nc(-c2nccc(Nc3ccncc3C(N)=O)n2)c2c1CCC2. The van der Waals surface area contributed by atoms with Crippen molar-refractivity contribution < 1.29 is 4.79 Å². The number of nitrogens with zero attached hydrogens (tertiary/aromatic N) is 5. The number of carbonyl (C=O) groups excluding carboxylic acids is 1. The fourth-order valence-electron chi connectivity index (χ4n) is 3.17. The molecular weight excluding hydrogens is 318 g/mol. The first kappa shape index (κ1) is 15.3. The van der Waals surface area contributed by atoms with E-state index < -0.39 is 5.91 Å². The van der Waals surface area contributed by atoms with E-state index in [1.54, 1.807) is 24.5 Å². The van der Waals surface area contributed by atoms with E-state index in [4.69, 9.17) is 5.73 Å². The van der Waals surface area contributed by atoms with Crippen LogP contribution in [0, 0.1) is 0 Å². The molecule has 126 valence electrons. The van der Waals surface area contributed by atoms with Crippen LogP contribution in [0.1, 0.15) is 28.0 Å². The number of hydrogen-bond acceptors (Lipinski definition) is 6. The lowest BCUT2D eigenvalue weighted by molar-refractivity contribution is 0.100. The van der Waals surface area contributed by atoms with Crippen LogP contribution in [0.4, 0.5) is 11.5 Å². The van der Waals surface area contributed by atoms with Gasteiger partial charge in [-0.25, -0.2) is 9.97 Å². The lowest BCUT2D eigenvalue weighted by Crippen LogP contribution is -2.13. The molecule has 0 saturated carbocycles. The number of fused-ring (bicyclic) bond motifs is 1. The highest BCUT2D eigenvalue weighted by Crippen LogP contribution is 2.30. The molecule has 4 rings (SSSR count). The van der Waals surface area contributed by atoms with Gasteiger partial charge in [0.15, 0.2) is 5.82 Å². The molecule has 0 aliphatic heterocycles. The predicted molar refractivity (Wildman–Crippen MR) is 92.3 cm³/mol. The molecule has 0 aromatic carbocycles. The lowest BCUT2D eigenvalue weighted by Gasteiger charge is -2.09. The molecule has 1 aliphatic rings.